The third-order valence-corrected chi connectivity index (χ3v) is 5.36. The zero-order chi connectivity index (χ0) is 11.8. The molecule has 16 heavy (non-hydrogen) atoms. The summed E-state index contributed by atoms with van der Waals surface area (Å²) in [7, 11) is 0. The van der Waals surface area contributed by atoms with Crippen LogP contribution in [-0.2, 0) is 6.54 Å². The molecule has 0 aliphatic carbocycles. The maximum absolute atomic E-state index is 6.14. The summed E-state index contributed by atoms with van der Waals surface area (Å²) in [6.45, 7) is 7.81. The van der Waals surface area contributed by atoms with Crippen molar-refractivity contribution in [3.8, 4) is 0 Å². The van der Waals surface area contributed by atoms with E-state index in [-0.39, 0.29) is 5.41 Å². The molecule has 1 aromatic heterocycles. The second-order valence-corrected chi connectivity index (χ2v) is 7.14. The van der Waals surface area contributed by atoms with Crippen LogP contribution in [0.15, 0.2) is 15.9 Å². The highest BCUT2D eigenvalue weighted by Crippen LogP contribution is 2.31. The molecule has 1 aromatic rings. The third kappa shape index (κ3) is 2.67. The molecule has 0 amide bonds. The van der Waals surface area contributed by atoms with E-state index in [4.69, 9.17) is 5.73 Å². The Hall–Kier alpha value is 0.1000. The SMILES string of the molecule is CC1(C)CN(Cc2sccc2Br)CCC1N. The van der Waals surface area contributed by atoms with Gasteiger partial charge in [0.05, 0.1) is 0 Å². The van der Waals surface area contributed by atoms with E-state index in [0.29, 0.717) is 6.04 Å². The van der Waals surface area contributed by atoms with Crippen LogP contribution in [0.2, 0.25) is 0 Å². The van der Waals surface area contributed by atoms with Gasteiger partial charge in [0.2, 0.25) is 0 Å². The van der Waals surface area contributed by atoms with Gasteiger partial charge in [-0.15, -0.1) is 11.3 Å². The average Bonchev–Trinajstić information content (AvgIpc) is 2.58. The van der Waals surface area contributed by atoms with Gasteiger partial charge in [0.1, 0.15) is 0 Å². The topological polar surface area (TPSA) is 29.3 Å². The molecule has 90 valence electrons. The molecule has 1 atom stereocenters. The molecule has 1 aliphatic heterocycles. The molecule has 2 heterocycles. The zero-order valence-corrected chi connectivity index (χ0v) is 12.3. The van der Waals surface area contributed by atoms with Gasteiger partial charge in [-0.2, -0.15) is 0 Å². The Morgan fingerprint density at radius 1 is 1.62 bits per heavy atom. The molecule has 2 N–H and O–H groups in total. The molecule has 0 saturated carbocycles. The first-order valence-electron chi connectivity index (χ1n) is 5.69. The van der Waals surface area contributed by atoms with E-state index in [2.05, 4.69) is 46.1 Å². The van der Waals surface area contributed by atoms with E-state index in [9.17, 15) is 0 Å². The summed E-state index contributed by atoms with van der Waals surface area (Å²) in [6, 6.07) is 2.47. The number of nitrogens with two attached hydrogens (primary N) is 1. The average molecular weight is 303 g/mol. The van der Waals surface area contributed by atoms with Crippen LogP contribution >= 0.6 is 27.3 Å². The molecular formula is C12H19BrN2S. The monoisotopic (exact) mass is 302 g/mol. The van der Waals surface area contributed by atoms with Gasteiger partial charge in [-0.25, -0.2) is 0 Å². The van der Waals surface area contributed by atoms with Gasteiger partial charge in [0, 0.05) is 35.0 Å². The summed E-state index contributed by atoms with van der Waals surface area (Å²) in [5.74, 6) is 0. The molecule has 0 radical (unpaired) electrons. The minimum atomic E-state index is 0.238. The van der Waals surface area contributed by atoms with Crippen molar-refractivity contribution in [1.82, 2.24) is 4.90 Å². The van der Waals surface area contributed by atoms with Crippen molar-refractivity contribution < 1.29 is 0 Å². The van der Waals surface area contributed by atoms with Crippen LogP contribution in [-0.4, -0.2) is 24.0 Å². The predicted octanol–water partition coefficient (Wildman–Crippen LogP) is 3.07. The highest BCUT2D eigenvalue weighted by molar-refractivity contribution is 9.10. The summed E-state index contributed by atoms with van der Waals surface area (Å²) < 4.78 is 1.24. The lowest BCUT2D eigenvalue weighted by molar-refractivity contribution is 0.0905. The zero-order valence-electron chi connectivity index (χ0n) is 9.87. The first kappa shape index (κ1) is 12.6. The van der Waals surface area contributed by atoms with Crippen LogP contribution in [0.3, 0.4) is 0 Å². The van der Waals surface area contributed by atoms with Crippen LogP contribution in [0, 0.1) is 5.41 Å². The maximum Gasteiger partial charge on any atom is 0.0339 e. The molecule has 2 nitrogen and oxygen atoms in total. The number of nitrogens with zero attached hydrogens (tertiary/aromatic N) is 1. The lowest BCUT2D eigenvalue weighted by Crippen LogP contribution is -2.51. The number of rotatable bonds is 2. The van der Waals surface area contributed by atoms with Gasteiger partial charge in [0.25, 0.3) is 0 Å². The Balaban J connectivity index is 2.00. The van der Waals surface area contributed by atoms with Crippen molar-refractivity contribution in [3.05, 3.63) is 20.8 Å². The molecule has 0 aromatic carbocycles. The van der Waals surface area contributed by atoms with Crippen molar-refractivity contribution in [1.29, 1.82) is 0 Å². The van der Waals surface area contributed by atoms with Gasteiger partial charge >= 0.3 is 0 Å². The molecule has 1 aliphatic rings. The van der Waals surface area contributed by atoms with E-state index >= 15 is 0 Å². The molecule has 0 spiro atoms. The lowest BCUT2D eigenvalue weighted by Gasteiger charge is -2.42. The molecule has 1 fully saturated rings. The summed E-state index contributed by atoms with van der Waals surface area (Å²) in [5, 5.41) is 2.14. The highest BCUT2D eigenvalue weighted by Gasteiger charge is 2.33. The van der Waals surface area contributed by atoms with Crippen LogP contribution in [0.4, 0.5) is 0 Å². The van der Waals surface area contributed by atoms with Crippen molar-refractivity contribution in [2.75, 3.05) is 13.1 Å². The van der Waals surface area contributed by atoms with Gasteiger partial charge in [-0.1, -0.05) is 13.8 Å². The predicted molar refractivity (Wildman–Crippen MR) is 73.7 cm³/mol. The van der Waals surface area contributed by atoms with E-state index < -0.39 is 0 Å². The minimum absolute atomic E-state index is 0.238. The van der Waals surface area contributed by atoms with Crippen LogP contribution in [0.5, 0.6) is 0 Å². The minimum Gasteiger partial charge on any atom is -0.327 e. The third-order valence-electron chi connectivity index (χ3n) is 3.45. The van der Waals surface area contributed by atoms with E-state index in [1.807, 2.05) is 11.3 Å². The van der Waals surface area contributed by atoms with Crippen LogP contribution in [0.25, 0.3) is 0 Å². The number of hydrogen-bond acceptors (Lipinski definition) is 3. The fraction of sp³-hybridized carbons (Fsp3) is 0.667. The second kappa shape index (κ2) is 4.77. The number of hydrogen-bond donors (Lipinski definition) is 1. The molecule has 0 bridgehead atoms. The fourth-order valence-corrected chi connectivity index (χ4v) is 3.78. The Labute approximate surface area is 110 Å². The molecule has 2 rings (SSSR count). The summed E-state index contributed by atoms with van der Waals surface area (Å²) in [5.41, 5.74) is 6.38. The normalized spacial score (nSPS) is 25.9. The summed E-state index contributed by atoms with van der Waals surface area (Å²) in [6.07, 6.45) is 1.11. The number of thiophene rings is 1. The van der Waals surface area contributed by atoms with Gasteiger partial charge in [-0.3, -0.25) is 4.90 Å². The summed E-state index contributed by atoms with van der Waals surface area (Å²) >= 11 is 5.42. The van der Waals surface area contributed by atoms with Gasteiger partial charge in [-0.05, 0) is 39.2 Å². The summed E-state index contributed by atoms with van der Waals surface area (Å²) in [4.78, 5) is 3.94. The van der Waals surface area contributed by atoms with Crippen molar-refractivity contribution in [2.45, 2.75) is 32.9 Å². The van der Waals surface area contributed by atoms with Crippen molar-refractivity contribution in [2.24, 2.45) is 11.1 Å². The largest absolute Gasteiger partial charge is 0.327 e. The second-order valence-electron chi connectivity index (χ2n) is 5.29. The molecule has 1 saturated heterocycles. The first-order chi connectivity index (χ1) is 7.49. The quantitative estimate of drug-likeness (QED) is 0.910. The maximum atomic E-state index is 6.14. The van der Waals surface area contributed by atoms with Gasteiger partial charge < -0.3 is 5.73 Å². The standard InChI is InChI=1S/C12H19BrN2S/c1-12(2)8-15(5-3-11(12)14)7-10-9(13)4-6-16-10/h4,6,11H,3,5,7-8,14H2,1-2H3. The Morgan fingerprint density at radius 2 is 2.38 bits per heavy atom. The Bertz CT molecular complexity index is 362. The molecule has 4 heteroatoms. The highest BCUT2D eigenvalue weighted by atomic mass is 79.9. The van der Waals surface area contributed by atoms with Gasteiger partial charge in [0.15, 0.2) is 0 Å². The smallest absolute Gasteiger partial charge is 0.0339 e. The van der Waals surface area contributed by atoms with Crippen LogP contribution in [0.1, 0.15) is 25.1 Å². The molecule has 1 unspecified atom stereocenters. The first-order valence-corrected chi connectivity index (χ1v) is 7.36. The van der Waals surface area contributed by atoms with Crippen molar-refractivity contribution >= 4 is 27.3 Å². The van der Waals surface area contributed by atoms with E-state index in [1.165, 1.54) is 9.35 Å². The Morgan fingerprint density at radius 3 is 2.94 bits per heavy atom. The molecular weight excluding hydrogens is 284 g/mol. The van der Waals surface area contributed by atoms with E-state index in [0.717, 1.165) is 26.1 Å². The Kier molecular flexibility index (Phi) is 3.74. The number of piperidine rings is 1. The number of halogens is 1. The van der Waals surface area contributed by atoms with Crippen molar-refractivity contribution in [3.63, 3.8) is 0 Å². The fourth-order valence-electron chi connectivity index (χ4n) is 2.26. The van der Waals surface area contributed by atoms with E-state index in [1.54, 1.807) is 0 Å². The van der Waals surface area contributed by atoms with Crippen LogP contribution < -0.4 is 5.73 Å². The number of likely N-dealkylation sites (tertiary alicyclic amines) is 1. The lowest BCUT2D eigenvalue weighted by atomic mass is 9.80.